The lowest BCUT2D eigenvalue weighted by molar-refractivity contribution is -0.0511. The molecule has 0 heterocycles. The monoisotopic (exact) mass is 305 g/mol. The standard InChI is InChI=1S/C17H23NO4/c1-17(2,3)15(12-21-10-9-20-4)22-16(19)14-7-5-13(11-18)6-8-14/h5-8,15H,9-10,12H2,1-4H3. The fraction of sp³-hybridized carbons (Fsp3) is 0.529. The van der Waals surface area contributed by atoms with E-state index in [0.717, 1.165) is 0 Å². The first-order valence-electron chi connectivity index (χ1n) is 7.16. The molecule has 5 nitrogen and oxygen atoms in total. The maximum Gasteiger partial charge on any atom is 0.338 e. The summed E-state index contributed by atoms with van der Waals surface area (Å²) in [6, 6.07) is 8.38. The van der Waals surface area contributed by atoms with Crippen LogP contribution in [0.1, 0.15) is 36.7 Å². The van der Waals surface area contributed by atoms with Gasteiger partial charge in [-0.15, -0.1) is 0 Å². The van der Waals surface area contributed by atoms with E-state index in [9.17, 15) is 4.79 Å². The van der Waals surface area contributed by atoms with E-state index in [-0.39, 0.29) is 11.5 Å². The highest BCUT2D eigenvalue weighted by Crippen LogP contribution is 2.24. The lowest BCUT2D eigenvalue weighted by atomic mass is 9.89. The summed E-state index contributed by atoms with van der Waals surface area (Å²) in [6.45, 7) is 7.24. The molecule has 1 aromatic rings. The number of esters is 1. The topological polar surface area (TPSA) is 68.6 Å². The van der Waals surface area contributed by atoms with Crippen LogP contribution in [0.15, 0.2) is 24.3 Å². The van der Waals surface area contributed by atoms with E-state index in [0.29, 0.717) is 30.9 Å². The van der Waals surface area contributed by atoms with Crippen LogP contribution in [0.2, 0.25) is 0 Å². The summed E-state index contributed by atoms with van der Waals surface area (Å²) < 4.78 is 16.0. The molecule has 0 radical (unpaired) electrons. The smallest absolute Gasteiger partial charge is 0.338 e. The van der Waals surface area contributed by atoms with Crippen molar-refractivity contribution < 1.29 is 19.0 Å². The first-order chi connectivity index (χ1) is 10.4. The van der Waals surface area contributed by atoms with E-state index in [1.807, 2.05) is 26.8 Å². The Bertz CT molecular complexity index is 511. The number of nitrogens with zero attached hydrogens (tertiary/aromatic N) is 1. The van der Waals surface area contributed by atoms with Gasteiger partial charge in [-0.1, -0.05) is 20.8 Å². The third-order valence-electron chi connectivity index (χ3n) is 3.17. The zero-order valence-corrected chi connectivity index (χ0v) is 13.6. The Hall–Kier alpha value is -1.90. The summed E-state index contributed by atoms with van der Waals surface area (Å²) in [5, 5.41) is 8.77. The number of rotatable bonds is 7. The van der Waals surface area contributed by atoms with Crippen LogP contribution in [-0.2, 0) is 14.2 Å². The number of benzene rings is 1. The van der Waals surface area contributed by atoms with E-state index >= 15 is 0 Å². The minimum atomic E-state index is -0.417. The highest BCUT2D eigenvalue weighted by atomic mass is 16.6. The minimum Gasteiger partial charge on any atom is -0.456 e. The fourth-order valence-electron chi connectivity index (χ4n) is 1.67. The van der Waals surface area contributed by atoms with E-state index < -0.39 is 5.97 Å². The second-order valence-corrected chi connectivity index (χ2v) is 6.02. The van der Waals surface area contributed by atoms with Gasteiger partial charge in [-0.05, 0) is 24.3 Å². The highest BCUT2D eigenvalue weighted by molar-refractivity contribution is 5.89. The third kappa shape index (κ3) is 5.84. The quantitative estimate of drug-likeness (QED) is 0.572. The molecule has 0 aliphatic heterocycles. The van der Waals surface area contributed by atoms with Crippen LogP contribution in [-0.4, -0.2) is 39.0 Å². The van der Waals surface area contributed by atoms with E-state index in [1.165, 1.54) is 0 Å². The van der Waals surface area contributed by atoms with Gasteiger partial charge in [0.15, 0.2) is 0 Å². The lowest BCUT2D eigenvalue weighted by Crippen LogP contribution is -2.36. The second-order valence-electron chi connectivity index (χ2n) is 6.02. The molecule has 0 aromatic heterocycles. The van der Waals surface area contributed by atoms with Crippen molar-refractivity contribution in [3.63, 3.8) is 0 Å². The van der Waals surface area contributed by atoms with E-state index in [1.54, 1.807) is 31.4 Å². The Labute approximate surface area is 131 Å². The Balaban J connectivity index is 2.67. The van der Waals surface area contributed by atoms with Gasteiger partial charge in [-0.3, -0.25) is 0 Å². The molecule has 22 heavy (non-hydrogen) atoms. The number of hydrogen-bond donors (Lipinski definition) is 0. The molecule has 5 heteroatoms. The van der Waals surface area contributed by atoms with Crippen molar-refractivity contribution in [2.24, 2.45) is 5.41 Å². The molecule has 1 aromatic carbocycles. The van der Waals surface area contributed by atoms with Gasteiger partial charge in [0.1, 0.15) is 6.10 Å². The van der Waals surface area contributed by atoms with Gasteiger partial charge in [0.25, 0.3) is 0 Å². The SMILES string of the molecule is COCCOCC(OC(=O)c1ccc(C#N)cc1)C(C)(C)C. The molecule has 0 saturated carbocycles. The number of hydrogen-bond acceptors (Lipinski definition) is 5. The maximum atomic E-state index is 12.2. The van der Waals surface area contributed by atoms with Gasteiger partial charge in [0.05, 0.1) is 37.0 Å². The minimum absolute atomic E-state index is 0.241. The highest BCUT2D eigenvalue weighted by Gasteiger charge is 2.29. The van der Waals surface area contributed by atoms with Crippen LogP contribution in [0, 0.1) is 16.7 Å². The van der Waals surface area contributed by atoms with Crippen LogP contribution in [0.5, 0.6) is 0 Å². The maximum absolute atomic E-state index is 12.2. The Morgan fingerprint density at radius 1 is 1.23 bits per heavy atom. The van der Waals surface area contributed by atoms with Gasteiger partial charge in [-0.2, -0.15) is 5.26 Å². The molecule has 0 saturated heterocycles. The third-order valence-corrected chi connectivity index (χ3v) is 3.17. The van der Waals surface area contributed by atoms with Gasteiger partial charge in [-0.25, -0.2) is 4.79 Å². The number of methoxy groups -OCH3 is 1. The molecule has 0 spiro atoms. The molecule has 0 bridgehead atoms. The zero-order valence-electron chi connectivity index (χ0n) is 13.6. The summed E-state index contributed by atoms with van der Waals surface area (Å²) in [6.07, 6.45) is -0.368. The van der Waals surface area contributed by atoms with Crippen molar-refractivity contribution in [2.45, 2.75) is 26.9 Å². The molecule has 1 rings (SSSR count). The Morgan fingerprint density at radius 3 is 2.36 bits per heavy atom. The lowest BCUT2D eigenvalue weighted by Gasteiger charge is -2.30. The Morgan fingerprint density at radius 2 is 1.86 bits per heavy atom. The normalized spacial score (nSPS) is 12.5. The number of carbonyl (C=O) groups is 1. The molecule has 0 N–H and O–H groups in total. The van der Waals surface area contributed by atoms with Crippen molar-refractivity contribution in [1.29, 1.82) is 5.26 Å². The number of carbonyl (C=O) groups excluding carboxylic acids is 1. The molecule has 0 aliphatic carbocycles. The van der Waals surface area contributed by atoms with Crippen molar-refractivity contribution >= 4 is 5.97 Å². The summed E-state index contributed by atoms with van der Waals surface area (Å²) >= 11 is 0. The van der Waals surface area contributed by atoms with Crippen molar-refractivity contribution in [3.05, 3.63) is 35.4 Å². The second kappa shape index (κ2) is 8.52. The molecule has 120 valence electrons. The van der Waals surface area contributed by atoms with Crippen LogP contribution in [0.4, 0.5) is 0 Å². The van der Waals surface area contributed by atoms with Gasteiger partial charge in [0.2, 0.25) is 0 Å². The molecule has 0 amide bonds. The Kier molecular flexibility index (Phi) is 7.03. The molecule has 0 fully saturated rings. The van der Waals surface area contributed by atoms with Gasteiger partial charge < -0.3 is 14.2 Å². The molecular formula is C17H23NO4. The largest absolute Gasteiger partial charge is 0.456 e. The number of ether oxygens (including phenoxy) is 3. The van der Waals surface area contributed by atoms with Crippen molar-refractivity contribution in [1.82, 2.24) is 0 Å². The first kappa shape index (κ1) is 18.1. The van der Waals surface area contributed by atoms with Crippen LogP contribution >= 0.6 is 0 Å². The predicted molar refractivity (Wildman–Crippen MR) is 82.5 cm³/mol. The predicted octanol–water partition coefficient (Wildman–Crippen LogP) is 2.79. The van der Waals surface area contributed by atoms with E-state index in [4.69, 9.17) is 19.5 Å². The average molecular weight is 305 g/mol. The summed E-state index contributed by atoms with van der Waals surface area (Å²) in [5.74, 6) is -0.417. The number of nitriles is 1. The van der Waals surface area contributed by atoms with Crippen LogP contribution < -0.4 is 0 Å². The summed E-state index contributed by atoms with van der Waals surface area (Å²) in [5.41, 5.74) is 0.687. The fourth-order valence-corrected chi connectivity index (χ4v) is 1.67. The molecule has 1 unspecified atom stereocenters. The summed E-state index contributed by atoms with van der Waals surface area (Å²) in [4.78, 5) is 12.2. The molecule has 0 aliphatic rings. The zero-order chi connectivity index (χ0) is 16.6. The van der Waals surface area contributed by atoms with Crippen molar-refractivity contribution in [2.75, 3.05) is 26.9 Å². The average Bonchev–Trinajstić information content (AvgIpc) is 2.49. The van der Waals surface area contributed by atoms with Crippen LogP contribution in [0.25, 0.3) is 0 Å². The van der Waals surface area contributed by atoms with Crippen LogP contribution in [0.3, 0.4) is 0 Å². The van der Waals surface area contributed by atoms with Crippen molar-refractivity contribution in [3.8, 4) is 6.07 Å². The van der Waals surface area contributed by atoms with E-state index in [2.05, 4.69) is 0 Å². The molecule has 1 atom stereocenters. The molecular weight excluding hydrogens is 282 g/mol. The van der Waals surface area contributed by atoms with Gasteiger partial charge >= 0.3 is 5.97 Å². The summed E-state index contributed by atoms with van der Waals surface area (Å²) in [7, 11) is 1.61. The van der Waals surface area contributed by atoms with Gasteiger partial charge in [0, 0.05) is 12.5 Å². The first-order valence-corrected chi connectivity index (χ1v) is 7.16.